The van der Waals surface area contributed by atoms with Gasteiger partial charge in [0.05, 0.1) is 0 Å². The van der Waals surface area contributed by atoms with Crippen molar-refractivity contribution in [2.24, 2.45) is 0 Å². The molecule has 0 heterocycles. The molecule has 0 saturated heterocycles. The monoisotopic (exact) mass is 469 g/mol. The number of carboxylic acid groups (broad SMARTS) is 1. The molecule has 13 nitrogen and oxygen atoms in total. The molecule has 0 bridgehead atoms. The first kappa shape index (κ1) is 25.9. The van der Waals surface area contributed by atoms with Crippen LogP contribution in [0.5, 0.6) is 0 Å². The Bertz CT molecular complexity index is 726. The molecule has 1 amide bonds. The minimum atomic E-state index is -4.92. The zero-order valence-electron chi connectivity index (χ0n) is 14.3. The standard InChI is InChI=1S/C8H10AsNO5.C6H10O7/c1-6(11)10-8-5-3-2-4-7(8)9(12,13)15-14;7-1-2(8)3(9)4(10)5(11)6(12)13/h2-5,14H,1H3,(H,10,11)(H,12,13);1-5,8-11H,(H,12,13). The summed E-state index contributed by atoms with van der Waals surface area (Å²) < 4.78 is 24.1. The van der Waals surface area contributed by atoms with Gasteiger partial charge in [-0.3, -0.25) is 0 Å². The van der Waals surface area contributed by atoms with E-state index in [2.05, 4.69) is 9.19 Å². The molecule has 0 saturated carbocycles. The number of nitrogens with one attached hydrogen (secondary N) is 1. The number of aldehydes is 1. The number of hydrogen-bond donors (Lipinski definition) is 8. The normalized spacial score (nSPS) is 17.0. The van der Waals surface area contributed by atoms with E-state index in [1.54, 1.807) is 6.07 Å². The van der Waals surface area contributed by atoms with Gasteiger partial charge in [0.2, 0.25) is 0 Å². The van der Waals surface area contributed by atoms with Crippen LogP contribution in [-0.4, -0.2) is 91.6 Å². The molecule has 0 aromatic heterocycles. The fraction of sp³-hybridized carbons (Fsp3) is 0.357. The molecule has 28 heavy (non-hydrogen) atoms. The van der Waals surface area contributed by atoms with Crippen molar-refractivity contribution in [3.05, 3.63) is 24.3 Å². The van der Waals surface area contributed by atoms with Crippen LogP contribution in [0.3, 0.4) is 0 Å². The summed E-state index contributed by atoms with van der Waals surface area (Å²) in [6.07, 6.45) is -8.39. The van der Waals surface area contributed by atoms with Crippen molar-refractivity contribution in [2.75, 3.05) is 5.32 Å². The Labute approximate surface area is 160 Å². The molecule has 0 aliphatic heterocycles. The Morgan fingerprint density at radius 3 is 2.11 bits per heavy atom. The minimum Gasteiger partial charge on any atom is -0.479 e. The predicted molar refractivity (Wildman–Crippen MR) is 90.5 cm³/mol. The minimum absolute atomic E-state index is 0.0809. The van der Waals surface area contributed by atoms with Gasteiger partial charge in [0, 0.05) is 0 Å². The molecule has 5 unspecified atom stereocenters. The summed E-state index contributed by atoms with van der Waals surface area (Å²) in [6, 6.07) is 5.84. The molecule has 1 rings (SSSR count). The van der Waals surface area contributed by atoms with Gasteiger partial charge in [-0.15, -0.1) is 0 Å². The van der Waals surface area contributed by atoms with Gasteiger partial charge < -0.3 is 30.3 Å². The molecule has 0 aliphatic rings. The predicted octanol–water partition coefficient (Wildman–Crippen LogP) is -3.58. The molecule has 0 radical (unpaired) electrons. The van der Waals surface area contributed by atoms with Crippen LogP contribution in [0.4, 0.5) is 5.69 Å². The molecule has 0 aliphatic carbocycles. The maximum atomic E-state index is 11.4. The summed E-state index contributed by atoms with van der Waals surface area (Å²) in [5, 5.41) is 53.9. The number of aliphatic hydroxyl groups excluding tert-OH is 4. The van der Waals surface area contributed by atoms with Gasteiger partial charge in [-0.2, -0.15) is 0 Å². The van der Waals surface area contributed by atoms with Gasteiger partial charge in [0.25, 0.3) is 0 Å². The summed E-state index contributed by atoms with van der Waals surface area (Å²) in [7, 11) is 0. The van der Waals surface area contributed by atoms with Crippen molar-refractivity contribution in [3.8, 4) is 0 Å². The first-order valence-electron chi connectivity index (χ1n) is 7.32. The van der Waals surface area contributed by atoms with Gasteiger partial charge in [-0.05, 0) is 0 Å². The molecule has 8 N–H and O–H groups in total. The number of carboxylic acids is 1. The number of amides is 1. The Kier molecular flexibility index (Phi) is 10.8. The van der Waals surface area contributed by atoms with E-state index in [-0.39, 0.29) is 22.2 Å². The maximum absolute atomic E-state index is 11.4. The first-order chi connectivity index (χ1) is 12.9. The Morgan fingerprint density at radius 2 is 1.68 bits per heavy atom. The van der Waals surface area contributed by atoms with Gasteiger partial charge >= 0.3 is 94.4 Å². The largest absolute Gasteiger partial charge is 0.479 e. The molecular weight excluding hydrogens is 449 g/mol. The average Bonchev–Trinajstić information content (AvgIpc) is 2.65. The number of carbonyl (C=O) groups excluding carboxylic acids is 2. The zero-order valence-corrected chi connectivity index (χ0v) is 16.2. The number of rotatable bonds is 8. The van der Waals surface area contributed by atoms with Crippen LogP contribution in [0, 0.1) is 0 Å². The van der Waals surface area contributed by atoms with E-state index in [1.807, 2.05) is 0 Å². The quantitative estimate of drug-likeness (QED) is 0.0799. The summed E-state index contributed by atoms with van der Waals surface area (Å²) in [5.74, 6) is -2.14. The molecule has 14 heteroatoms. The molecule has 5 atom stereocenters. The number of benzene rings is 1. The third kappa shape index (κ3) is 7.88. The Morgan fingerprint density at radius 1 is 1.14 bits per heavy atom. The molecule has 1 aromatic carbocycles. The summed E-state index contributed by atoms with van der Waals surface area (Å²) >= 11 is -4.92. The first-order valence-corrected chi connectivity index (χ1v) is 10.6. The van der Waals surface area contributed by atoms with Gasteiger partial charge in [0.1, 0.15) is 18.3 Å². The van der Waals surface area contributed by atoms with Crippen LogP contribution in [0.25, 0.3) is 0 Å². The SMILES string of the molecule is CC(=O)Nc1ccccc1[As](=O)(O)OO.O=CC(O)C(O)C(O)C(O)C(=O)O. The number of aliphatic carboxylic acids is 1. The second-order valence-electron chi connectivity index (χ2n) is 5.19. The summed E-state index contributed by atoms with van der Waals surface area (Å²) in [5.41, 5.74) is 0.157. The van der Waals surface area contributed by atoms with Crippen molar-refractivity contribution in [3.63, 3.8) is 0 Å². The molecule has 0 spiro atoms. The number of carbonyl (C=O) groups is 3. The van der Waals surface area contributed by atoms with Crippen molar-refractivity contribution >= 4 is 42.4 Å². The average molecular weight is 469 g/mol. The second-order valence-corrected chi connectivity index (χ2v) is 8.73. The zero-order chi connectivity index (χ0) is 22.1. The van der Waals surface area contributed by atoms with Gasteiger partial charge in [-0.1, -0.05) is 0 Å². The van der Waals surface area contributed by atoms with Crippen molar-refractivity contribution in [1.29, 1.82) is 0 Å². The summed E-state index contributed by atoms with van der Waals surface area (Å²) in [6.45, 7) is 1.27. The fourth-order valence-electron chi connectivity index (χ4n) is 1.67. The van der Waals surface area contributed by atoms with Gasteiger partial charge in [0.15, 0.2) is 12.4 Å². The maximum Gasteiger partial charge on any atom is 0.335 e. The van der Waals surface area contributed by atoms with E-state index in [1.165, 1.54) is 25.1 Å². The Hall–Kier alpha value is -2.09. The van der Waals surface area contributed by atoms with E-state index in [0.717, 1.165) is 0 Å². The van der Waals surface area contributed by atoms with Crippen LogP contribution < -0.4 is 9.67 Å². The number of aliphatic hydroxyl groups is 4. The topological polar surface area (TPSA) is 231 Å². The van der Waals surface area contributed by atoms with E-state index >= 15 is 0 Å². The van der Waals surface area contributed by atoms with Crippen molar-refractivity contribution < 1.29 is 56.9 Å². The number of anilines is 1. The van der Waals surface area contributed by atoms with Crippen molar-refractivity contribution in [2.45, 2.75) is 31.3 Å². The third-order valence-electron chi connectivity index (χ3n) is 3.05. The fourth-order valence-corrected chi connectivity index (χ4v) is 3.35. The van der Waals surface area contributed by atoms with Crippen LogP contribution in [0.2, 0.25) is 0 Å². The van der Waals surface area contributed by atoms with Crippen molar-refractivity contribution in [1.82, 2.24) is 0 Å². The molecule has 0 fully saturated rings. The summed E-state index contributed by atoms with van der Waals surface area (Å²) in [4.78, 5) is 30.8. The van der Waals surface area contributed by atoms with Crippen LogP contribution in [0.15, 0.2) is 24.3 Å². The van der Waals surface area contributed by atoms with E-state index in [9.17, 15) is 22.2 Å². The van der Waals surface area contributed by atoms with E-state index in [4.69, 9.17) is 30.8 Å². The smallest absolute Gasteiger partial charge is 0.335 e. The van der Waals surface area contributed by atoms with Crippen LogP contribution >= 0.6 is 0 Å². The third-order valence-corrected chi connectivity index (χ3v) is 5.61. The number of para-hydroxylation sites is 1. The van der Waals surface area contributed by atoms with Crippen LogP contribution in [0.1, 0.15) is 6.92 Å². The van der Waals surface area contributed by atoms with Crippen LogP contribution in [-0.2, 0) is 22.0 Å². The van der Waals surface area contributed by atoms with E-state index < -0.39 is 44.6 Å². The molecule has 1 aromatic rings. The molecule has 158 valence electrons. The second kappa shape index (κ2) is 11.7. The molecular formula is C14H20AsNO12. The van der Waals surface area contributed by atoms with E-state index in [0.29, 0.717) is 0 Å². The Balaban J connectivity index is 0.000000528. The van der Waals surface area contributed by atoms with Gasteiger partial charge in [-0.25, -0.2) is 4.79 Å². The number of hydrogen-bond acceptors (Lipinski definition) is 10.